The number of nitrogens with zero attached hydrogens (tertiary/aromatic N) is 1. The largest absolute Gasteiger partial charge is 0.362 e. The van der Waals surface area contributed by atoms with Crippen LogP contribution in [0.4, 0.5) is 0 Å². The standard InChI is InChI=1S/C10H20N2S/c1-4-6-8(3)12-10-11-7-9(5-2)13-10/h8-9H,4-7H2,1-3H3,(H,11,12). The van der Waals surface area contributed by atoms with Crippen molar-refractivity contribution < 1.29 is 0 Å². The molecule has 0 saturated carbocycles. The van der Waals surface area contributed by atoms with E-state index in [-0.39, 0.29) is 0 Å². The van der Waals surface area contributed by atoms with Crippen molar-refractivity contribution in [2.75, 3.05) is 6.54 Å². The fourth-order valence-corrected chi connectivity index (χ4v) is 2.47. The molecule has 1 heterocycles. The Bertz CT molecular complexity index is 180. The van der Waals surface area contributed by atoms with E-state index in [1.54, 1.807) is 0 Å². The van der Waals surface area contributed by atoms with E-state index in [1.807, 2.05) is 11.8 Å². The number of hydrogen-bond donors (Lipinski definition) is 1. The Balaban J connectivity index is 2.23. The second-order valence-electron chi connectivity index (χ2n) is 3.63. The lowest BCUT2D eigenvalue weighted by Crippen LogP contribution is -2.29. The summed E-state index contributed by atoms with van der Waals surface area (Å²) in [6.07, 6.45) is 3.70. The molecule has 0 aliphatic carbocycles. The van der Waals surface area contributed by atoms with Crippen molar-refractivity contribution in [1.29, 1.82) is 0 Å². The molecule has 2 nitrogen and oxygen atoms in total. The number of amidine groups is 1. The number of nitrogens with one attached hydrogen (secondary N) is 1. The van der Waals surface area contributed by atoms with Gasteiger partial charge >= 0.3 is 0 Å². The van der Waals surface area contributed by atoms with Crippen LogP contribution in [0, 0.1) is 0 Å². The Hall–Kier alpha value is -0.180. The van der Waals surface area contributed by atoms with Crippen LogP contribution in [-0.4, -0.2) is 23.0 Å². The zero-order valence-corrected chi connectivity index (χ0v) is 9.66. The average molecular weight is 200 g/mol. The first kappa shape index (κ1) is 10.9. The van der Waals surface area contributed by atoms with Gasteiger partial charge in [-0.2, -0.15) is 0 Å². The molecule has 0 radical (unpaired) electrons. The molecule has 2 atom stereocenters. The van der Waals surface area contributed by atoms with Gasteiger partial charge in [-0.15, -0.1) is 0 Å². The molecule has 2 unspecified atom stereocenters. The Morgan fingerprint density at radius 2 is 2.38 bits per heavy atom. The minimum Gasteiger partial charge on any atom is -0.362 e. The molecule has 1 aliphatic heterocycles. The van der Waals surface area contributed by atoms with Gasteiger partial charge in [-0.05, 0) is 19.8 Å². The maximum Gasteiger partial charge on any atom is 0.157 e. The quantitative estimate of drug-likeness (QED) is 0.754. The van der Waals surface area contributed by atoms with Gasteiger partial charge in [0, 0.05) is 11.3 Å². The van der Waals surface area contributed by atoms with Crippen molar-refractivity contribution in [3.63, 3.8) is 0 Å². The average Bonchev–Trinajstić information content (AvgIpc) is 2.52. The summed E-state index contributed by atoms with van der Waals surface area (Å²) in [5, 5.41) is 5.34. The molecular weight excluding hydrogens is 180 g/mol. The highest BCUT2D eigenvalue weighted by molar-refractivity contribution is 8.14. The molecule has 0 spiro atoms. The van der Waals surface area contributed by atoms with Gasteiger partial charge < -0.3 is 5.32 Å². The van der Waals surface area contributed by atoms with Gasteiger partial charge in [0.15, 0.2) is 5.17 Å². The third kappa shape index (κ3) is 3.59. The Labute approximate surface area is 85.6 Å². The van der Waals surface area contributed by atoms with Crippen LogP contribution < -0.4 is 5.32 Å². The fourth-order valence-electron chi connectivity index (χ4n) is 1.43. The maximum absolute atomic E-state index is 4.48. The van der Waals surface area contributed by atoms with Crippen molar-refractivity contribution in [2.45, 2.75) is 51.3 Å². The Morgan fingerprint density at radius 1 is 1.62 bits per heavy atom. The Kier molecular flexibility index (Phi) is 4.64. The van der Waals surface area contributed by atoms with Crippen molar-refractivity contribution in [1.82, 2.24) is 5.32 Å². The molecule has 13 heavy (non-hydrogen) atoms. The van der Waals surface area contributed by atoms with E-state index in [1.165, 1.54) is 19.3 Å². The van der Waals surface area contributed by atoms with Crippen molar-refractivity contribution in [3.05, 3.63) is 0 Å². The molecule has 0 fully saturated rings. The summed E-state index contributed by atoms with van der Waals surface area (Å²) in [6, 6.07) is 0.576. The Morgan fingerprint density at radius 3 is 2.92 bits per heavy atom. The second-order valence-corrected chi connectivity index (χ2v) is 4.92. The summed E-state index contributed by atoms with van der Waals surface area (Å²) in [6.45, 7) is 7.68. The minimum absolute atomic E-state index is 0.576. The molecule has 76 valence electrons. The van der Waals surface area contributed by atoms with Gasteiger partial charge in [0.25, 0.3) is 0 Å². The van der Waals surface area contributed by atoms with Crippen LogP contribution in [0.25, 0.3) is 0 Å². The van der Waals surface area contributed by atoms with Gasteiger partial charge in [-0.1, -0.05) is 32.0 Å². The highest BCUT2D eigenvalue weighted by Crippen LogP contribution is 2.22. The first-order chi connectivity index (χ1) is 6.26. The molecular formula is C10H20N2S. The van der Waals surface area contributed by atoms with Crippen LogP contribution in [0.3, 0.4) is 0 Å². The van der Waals surface area contributed by atoms with E-state index in [9.17, 15) is 0 Å². The minimum atomic E-state index is 0.576. The molecule has 0 amide bonds. The van der Waals surface area contributed by atoms with Crippen LogP contribution in [0.5, 0.6) is 0 Å². The summed E-state index contributed by atoms with van der Waals surface area (Å²) in [5.41, 5.74) is 0. The van der Waals surface area contributed by atoms with Crippen LogP contribution >= 0.6 is 11.8 Å². The number of thioether (sulfide) groups is 1. The zero-order chi connectivity index (χ0) is 9.68. The van der Waals surface area contributed by atoms with E-state index in [2.05, 4.69) is 31.1 Å². The fraction of sp³-hybridized carbons (Fsp3) is 0.900. The van der Waals surface area contributed by atoms with Gasteiger partial charge in [0.1, 0.15) is 0 Å². The van der Waals surface area contributed by atoms with E-state index < -0.39 is 0 Å². The lowest BCUT2D eigenvalue weighted by Gasteiger charge is -2.13. The van der Waals surface area contributed by atoms with Crippen LogP contribution in [0.1, 0.15) is 40.0 Å². The van der Waals surface area contributed by atoms with Crippen molar-refractivity contribution in [2.24, 2.45) is 4.99 Å². The molecule has 1 rings (SSSR count). The summed E-state index contributed by atoms with van der Waals surface area (Å²) < 4.78 is 0. The summed E-state index contributed by atoms with van der Waals surface area (Å²) in [5.74, 6) is 0. The smallest absolute Gasteiger partial charge is 0.157 e. The molecule has 0 aromatic carbocycles. The molecule has 0 aromatic heterocycles. The van der Waals surface area contributed by atoms with Gasteiger partial charge in [-0.3, -0.25) is 4.99 Å². The topological polar surface area (TPSA) is 24.4 Å². The van der Waals surface area contributed by atoms with Crippen molar-refractivity contribution in [3.8, 4) is 0 Å². The highest BCUT2D eigenvalue weighted by Gasteiger charge is 2.18. The lowest BCUT2D eigenvalue weighted by atomic mass is 10.2. The monoisotopic (exact) mass is 200 g/mol. The normalized spacial score (nSPS) is 24.2. The van der Waals surface area contributed by atoms with Crippen LogP contribution in [-0.2, 0) is 0 Å². The van der Waals surface area contributed by atoms with Gasteiger partial charge in [-0.25, -0.2) is 0 Å². The maximum atomic E-state index is 4.48. The van der Waals surface area contributed by atoms with E-state index in [0.29, 0.717) is 6.04 Å². The number of rotatable bonds is 4. The van der Waals surface area contributed by atoms with Gasteiger partial charge in [0.2, 0.25) is 0 Å². The predicted molar refractivity (Wildman–Crippen MR) is 61.5 cm³/mol. The molecule has 0 saturated heterocycles. The van der Waals surface area contributed by atoms with Crippen molar-refractivity contribution >= 4 is 16.9 Å². The van der Waals surface area contributed by atoms with Gasteiger partial charge in [0.05, 0.1) is 6.54 Å². The van der Waals surface area contributed by atoms with Crippen LogP contribution in [0.15, 0.2) is 4.99 Å². The summed E-state index contributed by atoms with van der Waals surface area (Å²) in [4.78, 5) is 4.48. The molecule has 1 aliphatic rings. The number of aliphatic imine (C=N–C) groups is 1. The third-order valence-electron chi connectivity index (χ3n) is 2.26. The zero-order valence-electron chi connectivity index (χ0n) is 8.84. The molecule has 1 N–H and O–H groups in total. The first-order valence-electron chi connectivity index (χ1n) is 5.23. The molecule has 0 bridgehead atoms. The molecule has 0 aromatic rings. The van der Waals surface area contributed by atoms with Crippen LogP contribution in [0.2, 0.25) is 0 Å². The third-order valence-corrected chi connectivity index (χ3v) is 3.55. The number of hydrogen-bond acceptors (Lipinski definition) is 3. The first-order valence-corrected chi connectivity index (χ1v) is 6.11. The highest BCUT2D eigenvalue weighted by atomic mass is 32.2. The molecule has 3 heteroatoms. The van der Waals surface area contributed by atoms with E-state index in [4.69, 9.17) is 0 Å². The van der Waals surface area contributed by atoms with E-state index >= 15 is 0 Å². The lowest BCUT2D eigenvalue weighted by molar-refractivity contribution is 0.600. The predicted octanol–water partition coefficient (Wildman–Crippen LogP) is 2.65. The SMILES string of the molecule is CCCC(C)NC1=NCC(CC)S1. The second kappa shape index (κ2) is 5.53. The van der Waals surface area contributed by atoms with E-state index in [0.717, 1.165) is 17.0 Å². The summed E-state index contributed by atoms with van der Waals surface area (Å²) in [7, 11) is 0. The summed E-state index contributed by atoms with van der Waals surface area (Å²) >= 11 is 1.90.